The molecule has 0 spiro atoms. The minimum atomic E-state index is -0.541. The van der Waals surface area contributed by atoms with Gasteiger partial charge in [-0.2, -0.15) is 20.4 Å². The van der Waals surface area contributed by atoms with Crippen molar-refractivity contribution in [2.75, 3.05) is 10.6 Å². The van der Waals surface area contributed by atoms with Crippen LogP contribution >= 0.6 is 0 Å². The van der Waals surface area contributed by atoms with Crippen molar-refractivity contribution in [3.63, 3.8) is 0 Å². The highest BCUT2D eigenvalue weighted by atomic mass is 19.1. The van der Waals surface area contributed by atoms with Crippen molar-refractivity contribution in [1.29, 1.82) is 0 Å². The molecule has 6 aromatic rings. The van der Waals surface area contributed by atoms with Gasteiger partial charge in [-0.1, -0.05) is 0 Å². The Morgan fingerprint density at radius 1 is 0.769 bits per heavy atom. The summed E-state index contributed by atoms with van der Waals surface area (Å²) in [6.07, 6.45) is 9.68. The summed E-state index contributed by atoms with van der Waals surface area (Å²) in [6.45, 7) is 7.25. The van der Waals surface area contributed by atoms with Gasteiger partial charge in [0.25, 0.3) is 0 Å². The van der Waals surface area contributed by atoms with Crippen LogP contribution in [0.3, 0.4) is 0 Å². The van der Waals surface area contributed by atoms with E-state index in [1.165, 1.54) is 18.2 Å². The van der Waals surface area contributed by atoms with Gasteiger partial charge in [0.2, 0.25) is 11.8 Å². The number of aryl methyl sites for hydroxylation is 2. The van der Waals surface area contributed by atoms with Gasteiger partial charge in [-0.15, -0.1) is 0 Å². The maximum absolute atomic E-state index is 15.7. The van der Waals surface area contributed by atoms with Gasteiger partial charge in [-0.25, -0.2) is 18.1 Å². The second-order valence-electron chi connectivity index (χ2n) is 14.1. The van der Waals surface area contributed by atoms with Crippen LogP contribution in [0, 0.1) is 25.5 Å². The molecule has 14 heteroatoms. The highest BCUT2D eigenvalue weighted by molar-refractivity contribution is 5.95. The molecule has 52 heavy (non-hydrogen) atoms. The average Bonchev–Trinajstić information content (AvgIpc) is 3.77. The van der Waals surface area contributed by atoms with Crippen LogP contribution in [0.1, 0.15) is 102 Å². The first kappa shape index (κ1) is 33.2. The zero-order valence-electron chi connectivity index (χ0n) is 29.1. The van der Waals surface area contributed by atoms with Crippen LogP contribution in [0.5, 0.6) is 0 Å². The van der Waals surface area contributed by atoms with Crippen molar-refractivity contribution < 1.29 is 18.4 Å². The molecule has 2 aliphatic rings. The number of aromatic nitrogens is 8. The minimum Gasteiger partial charge on any atom is -0.309 e. The molecular formula is C38H38F2N10O2. The predicted octanol–water partition coefficient (Wildman–Crippen LogP) is 7.03. The standard InChI is InChI=1S/C38H38F2N10O2/c1-19-7-26(39)10-27(8-19)49-17-24(15-41-49)21(3)38(52)44-35-14-33(46-48-35)29-12-30(29)36-20(2)9-28(11-31(36)40)50-18-25(16-42-50)22(4)37(51)43-34-13-32(45-47-34)23-5-6-23/h7-11,13-18,21-23,29-30H,5-6,12H2,1-4H3,(H2,43,45,47,51)(H2,44,46,48,52)/t21-,22+,29?,30?/m0/s1. The van der Waals surface area contributed by atoms with Crippen LogP contribution in [0.4, 0.5) is 20.4 Å². The van der Waals surface area contributed by atoms with E-state index in [9.17, 15) is 14.0 Å². The van der Waals surface area contributed by atoms with Gasteiger partial charge < -0.3 is 10.6 Å². The van der Waals surface area contributed by atoms with Crippen LogP contribution in [-0.4, -0.2) is 51.8 Å². The van der Waals surface area contributed by atoms with Crippen LogP contribution in [-0.2, 0) is 9.59 Å². The van der Waals surface area contributed by atoms with Gasteiger partial charge in [-0.05, 0) is 99.9 Å². The first-order valence-electron chi connectivity index (χ1n) is 17.4. The van der Waals surface area contributed by atoms with E-state index < -0.39 is 11.8 Å². The van der Waals surface area contributed by atoms with Gasteiger partial charge in [-0.3, -0.25) is 19.8 Å². The van der Waals surface area contributed by atoms with Crippen LogP contribution in [0.25, 0.3) is 11.4 Å². The van der Waals surface area contributed by atoms with Crippen molar-refractivity contribution in [2.24, 2.45) is 0 Å². The molecule has 0 bridgehead atoms. The van der Waals surface area contributed by atoms with Crippen LogP contribution in [0.15, 0.2) is 67.3 Å². The average molecular weight is 705 g/mol. The highest BCUT2D eigenvalue weighted by Gasteiger charge is 2.43. The number of H-pyrrole nitrogens is 2. The highest BCUT2D eigenvalue weighted by Crippen LogP contribution is 2.56. The van der Waals surface area contributed by atoms with E-state index in [0.29, 0.717) is 45.6 Å². The first-order valence-corrected chi connectivity index (χ1v) is 17.4. The second-order valence-corrected chi connectivity index (χ2v) is 14.1. The third kappa shape index (κ3) is 6.63. The molecule has 4 N–H and O–H groups in total. The third-order valence-corrected chi connectivity index (χ3v) is 10.1. The van der Waals surface area contributed by atoms with Gasteiger partial charge in [0.15, 0.2) is 11.6 Å². The van der Waals surface area contributed by atoms with E-state index >= 15 is 4.39 Å². The molecule has 4 atom stereocenters. The summed E-state index contributed by atoms with van der Waals surface area (Å²) in [5.41, 5.74) is 6.56. The maximum Gasteiger partial charge on any atom is 0.232 e. The van der Waals surface area contributed by atoms with Crippen molar-refractivity contribution >= 4 is 23.5 Å². The number of nitrogens with zero attached hydrogens (tertiary/aromatic N) is 6. The number of anilines is 2. The van der Waals surface area contributed by atoms with Crippen LogP contribution in [0.2, 0.25) is 0 Å². The molecule has 8 rings (SSSR count). The zero-order valence-corrected chi connectivity index (χ0v) is 29.1. The summed E-state index contributed by atoms with van der Waals surface area (Å²) in [6, 6.07) is 11.7. The van der Waals surface area contributed by atoms with Gasteiger partial charge in [0.1, 0.15) is 11.6 Å². The lowest BCUT2D eigenvalue weighted by atomic mass is 10.0. The number of amides is 2. The quantitative estimate of drug-likeness (QED) is 0.114. The Hall–Kier alpha value is -5.92. The number of carbonyl (C=O) groups excluding carboxylic acids is 2. The summed E-state index contributed by atoms with van der Waals surface area (Å²) in [4.78, 5) is 26.1. The molecule has 0 saturated heterocycles. The smallest absolute Gasteiger partial charge is 0.232 e. The summed E-state index contributed by atoms with van der Waals surface area (Å²) in [5, 5.41) is 29.0. The van der Waals surface area contributed by atoms with E-state index in [-0.39, 0.29) is 35.3 Å². The molecule has 4 heterocycles. The Labute approximate surface area is 298 Å². The third-order valence-electron chi connectivity index (χ3n) is 10.1. The molecule has 2 saturated carbocycles. The molecule has 2 aromatic carbocycles. The van der Waals surface area contributed by atoms with Gasteiger partial charge in [0, 0.05) is 58.9 Å². The number of benzene rings is 2. The maximum atomic E-state index is 15.7. The largest absolute Gasteiger partial charge is 0.309 e. The summed E-state index contributed by atoms with van der Waals surface area (Å²) >= 11 is 0. The fourth-order valence-corrected chi connectivity index (χ4v) is 6.82. The summed E-state index contributed by atoms with van der Waals surface area (Å²) < 4.78 is 32.8. The molecular weight excluding hydrogens is 666 g/mol. The fourth-order valence-electron chi connectivity index (χ4n) is 6.82. The van der Waals surface area contributed by atoms with E-state index in [4.69, 9.17) is 0 Å². The molecule has 12 nitrogen and oxygen atoms in total. The number of nitrogens with one attached hydrogen (secondary N) is 4. The first-order chi connectivity index (χ1) is 25.0. The van der Waals surface area contributed by atoms with E-state index in [2.05, 4.69) is 41.2 Å². The molecule has 2 amide bonds. The molecule has 2 unspecified atom stereocenters. The number of carbonyl (C=O) groups is 2. The monoisotopic (exact) mass is 704 g/mol. The topological polar surface area (TPSA) is 151 Å². The lowest BCUT2D eigenvalue weighted by Crippen LogP contribution is -2.18. The van der Waals surface area contributed by atoms with Crippen molar-refractivity contribution in [3.8, 4) is 11.4 Å². The molecule has 4 aromatic heterocycles. The van der Waals surface area contributed by atoms with Gasteiger partial charge in [0.05, 0.1) is 35.6 Å². The Balaban J connectivity index is 0.890. The Bertz CT molecular complexity index is 2270. The van der Waals surface area contributed by atoms with Gasteiger partial charge >= 0.3 is 0 Å². The molecule has 0 radical (unpaired) electrons. The Kier molecular flexibility index (Phi) is 8.31. The SMILES string of the molecule is Cc1cc(F)cc(-n2cc([C@H](C)C(=O)Nc3cc(C4CC4c4c(C)cc(-n5cc([C@@H](C)C(=O)Nc6cc(C7CC7)[nH]n6)cn5)cc4F)[nH]n3)cn2)c1. The molecule has 266 valence electrons. The number of aromatic amines is 2. The number of hydrogen-bond acceptors (Lipinski definition) is 6. The van der Waals surface area contributed by atoms with E-state index in [0.717, 1.165) is 41.8 Å². The normalized spacial score (nSPS) is 17.9. The van der Waals surface area contributed by atoms with E-state index in [1.54, 1.807) is 61.0 Å². The van der Waals surface area contributed by atoms with Crippen LogP contribution < -0.4 is 10.6 Å². The van der Waals surface area contributed by atoms with Crippen molar-refractivity contribution in [2.45, 2.75) is 76.5 Å². The fraction of sp³-hybridized carbons (Fsp3) is 0.316. The number of rotatable bonds is 11. The van der Waals surface area contributed by atoms with E-state index in [1.807, 2.05) is 25.1 Å². The van der Waals surface area contributed by atoms with Crippen molar-refractivity contribution in [1.82, 2.24) is 40.0 Å². The Morgan fingerprint density at radius 3 is 1.92 bits per heavy atom. The Morgan fingerprint density at radius 2 is 1.35 bits per heavy atom. The minimum absolute atomic E-state index is 0.0214. The second kappa shape index (κ2) is 13.0. The number of hydrogen-bond donors (Lipinski definition) is 4. The summed E-state index contributed by atoms with van der Waals surface area (Å²) in [7, 11) is 0. The molecule has 2 aliphatic carbocycles. The predicted molar refractivity (Wildman–Crippen MR) is 190 cm³/mol. The lowest BCUT2D eigenvalue weighted by Gasteiger charge is -2.11. The lowest BCUT2D eigenvalue weighted by molar-refractivity contribution is -0.118. The molecule has 0 aliphatic heterocycles. The summed E-state index contributed by atoms with van der Waals surface area (Å²) in [5.74, 6) is -0.826. The zero-order chi connectivity index (χ0) is 36.3. The van der Waals surface area contributed by atoms with Crippen molar-refractivity contribution in [3.05, 3.63) is 118 Å². The molecule has 2 fully saturated rings. The number of halogens is 2.